The molecular formula is C26H27F2N3O2. The van der Waals surface area contributed by atoms with Gasteiger partial charge in [-0.15, -0.1) is 0 Å². The zero-order chi connectivity index (χ0) is 23.8. The molecule has 0 aromatic heterocycles. The zero-order valence-electron chi connectivity index (χ0n) is 18.7. The lowest BCUT2D eigenvalue weighted by Crippen LogP contribution is -2.32. The fourth-order valence-corrected chi connectivity index (χ4v) is 3.33. The fourth-order valence-electron chi connectivity index (χ4n) is 3.33. The number of nitrogens with zero attached hydrogens (tertiary/aromatic N) is 2. The van der Waals surface area contributed by atoms with Crippen molar-refractivity contribution < 1.29 is 18.4 Å². The van der Waals surface area contributed by atoms with Crippen molar-refractivity contribution in [1.82, 2.24) is 10.2 Å². The monoisotopic (exact) mass is 451 g/mol. The van der Waals surface area contributed by atoms with Crippen molar-refractivity contribution in [2.45, 2.75) is 13.0 Å². The average molecular weight is 452 g/mol. The number of carbonyl (C=O) groups excluding carboxylic acids is 2. The maximum absolute atomic E-state index is 13.8. The molecule has 0 aliphatic heterocycles. The predicted octanol–water partition coefficient (Wildman–Crippen LogP) is 4.03. The Morgan fingerprint density at radius 2 is 1.58 bits per heavy atom. The third kappa shape index (κ3) is 7.22. The van der Waals surface area contributed by atoms with Gasteiger partial charge in [0.1, 0.15) is 11.6 Å². The number of likely N-dealkylation sites (N-methyl/N-ethyl adjacent to an activating group) is 1. The third-order valence-electron chi connectivity index (χ3n) is 5.04. The second-order valence-electron chi connectivity index (χ2n) is 8.03. The van der Waals surface area contributed by atoms with Crippen molar-refractivity contribution in [1.29, 1.82) is 0 Å². The van der Waals surface area contributed by atoms with Crippen molar-refractivity contribution in [3.8, 4) is 0 Å². The van der Waals surface area contributed by atoms with Crippen molar-refractivity contribution in [2.75, 3.05) is 32.1 Å². The molecule has 0 radical (unpaired) electrons. The van der Waals surface area contributed by atoms with Gasteiger partial charge in [0.2, 0.25) is 5.91 Å². The Hall–Kier alpha value is -3.58. The molecule has 0 saturated heterocycles. The van der Waals surface area contributed by atoms with E-state index >= 15 is 0 Å². The van der Waals surface area contributed by atoms with Gasteiger partial charge in [-0.25, -0.2) is 8.78 Å². The van der Waals surface area contributed by atoms with Crippen LogP contribution < -0.4 is 10.2 Å². The minimum atomic E-state index is -0.509. The Morgan fingerprint density at radius 1 is 0.848 bits per heavy atom. The summed E-state index contributed by atoms with van der Waals surface area (Å²) in [5.74, 6) is -1.39. The molecule has 33 heavy (non-hydrogen) atoms. The van der Waals surface area contributed by atoms with E-state index in [-0.39, 0.29) is 30.3 Å². The maximum Gasteiger partial charge on any atom is 0.258 e. The molecule has 172 valence electrons. The van der Waals surface area contributed by atoms with Crippen LogP contribution in [-0.2, 0) is 17.8 Å². The van der Waals surface area contributed by atoms with Gasteiger partial charge in [0.15, 0.2) is 0 Å². The molecule has 0 atom stereocenters. The zero-order valence-corrected chi connectivity index (χ0v) is 18.7. The molecule has 5 nitrogen and oxygen atoms in total. The Labute approximate surface area is 192 Å². The second kappa shape index (κ2) is 11.3. The van der Waals surface area contributed by atoms with Crippen LogP contribution in [0.2, 0.25) is 0 Å². The SMILES string of the molecule is CN(C)CCNC(=O)Cc1cccc(N(Cc2ccc(F)cc2)C(=O)c2cccc(F)c2)c1. The standard InChI is InChI=1S/C26H27F2N3O2/c1-30(2)14-13-29-25(32)16-20-5-3-8-24(15-20)31(18-19-9-11-22(27)12-10-19)26(33)21-6-4-7-23(28)17-21/h3-12,15,17H,13-14,16,18H2,1-2H3,(H,29,32). The highest BCUT2D eigenvalue weighted by Crippen LogP contribution is 2.22. The molecule has 0 unspecified atom stereocenters. The number of nitrogens with one attached hydrogen (secondary N) is 1. The van der Waals surface area contributed by atoms with Crippen LogP contribution in [0.1, 0.15) is 21.5 Å². The number of anilines is 1. The van der Waals surface area contributed by atoms with Gasteiger partial charge in [-0.2, -0.15) is 0 Å². The molecule has 0 heterocycles. The molecule has 0 saturated carbocycles. The predicted molar refractivity (Wildman–Crippen MR) is 125 cm³/mol. The first-order valence-corrected chi connectivity index (χ1v) is 10.6. The molecule has 0 bridgehead atoms. The first-order chi connectivity index (χ1) is 15.8. The van der Waals surface area contributed by atoms with Crippen molar-refractivity contribution in [3.63, 3.8) is 0 Å². The molecule has 0 aliphatic carbocycles. The molecule has 1 N–H and O–H groups in total. The van der Waals surface area contributed by atoms with E-state index in [1.807, 2.05) is 25.1 Å². The summed E-state index contributed by atoms with van der Waals surface area (Å²) in [6, 6.07) is 18.5. The van der Waals surface area contributed by atoms with Gasteiger partial charge in [0, 0.05) is 24.3 Å². The summed E-state index contributed by atoms with van der Waals surface area (Å²) in [5, 5.41) is 2.87. The molecule has 0 fully saturated rings. The Kier molecular flexibility index (Phi) is 8.27. The van der Waals surface area contributed by atoms with E-state index in [0.29, 0.717) is 17.8 Å². The highest BCUT2D eigenvalue weighted by atomic mass is 19.1. The van der Waals surface area contributed by atoms with Gasteiger partial charge in [-0.3, -0.25) is 9.59 Å². The Morgan fingerprint density at radius 3 is 2.27 bits per heavy atom. The van der Waals surface area contributed by atoms with Gasteiger partial charge in [0.05, 0.1) is 13.0 Å². The minimum absolute atomic E-state index is 0.115. The van der Waals surface area contributed by atoms with Crippen LogP contribution in [0.3, 0.4) is 0 Å². The first kappa shape index (κ1) is 24.1. The summed E-state index contributed by atoms with van der Waals surface area (Å²) in [6.07, 6.45) is 0.166. The van der Waals surface area contributed by atoms with Crippen LogP contribution in [0.25, 0.3) is 0 Å². The van der Waals surface area contributed by atoms with E-state index in [2.05, 4.69) is 5.32 Å². The molecular weight excluding hydrogens is 424 g/mol. The summed E-state index contributed by atoms with van der Waals surface area (Å²) < 4.78 is 27.1. The summed E-state index contributed by atoms with van der Waals surface area (Å²) in [7, 11) is 3.86. The molecule has 3 aromatic carbocycles. The lowest BCUT2D eigenvalue weighted by Gasteiger charge is -2.24. The van der Waals surface area contributed by atoms with E-state index in [1.54, 1.807) is 36.4 Å². The molecule has 3 aromatic rings. The largest absolute Gasteiger partial charge is 0.355 e. The van der Waals surface area contributed by atoms with E-state index < -0.39 is 11.7 Å². The van der Waals surface area contributed by atoms with Crippen LogP contribution in [0.15, 0.2) is 72.8 Å². The summed E-state index contributed by atoms with van der Waals surface area (Å²) in [4.78, 5) is 29.1. The van der Waals surface area contributed by atoms with Gasteiger partial charge in [-0.05, 0) is 67.7 Å². The van der Waals surface area contributed by atoms with Crippen LogP contribution in [0, 0.1) is 11.6 Å². The van der Waals surface area contributed by atoms with Gasteiger partial charge < -0.3 is 15.1 Å². The molecule has 7 heteroatoms. The topological polar surface area (TPSA) is 52.7 Å². The fraction of sp³-hybridized carbons (Fsp3) is 0.231. The average Bonchev–Trinajstić information content (AvgIpc) is 2.78. The molecule has 0 spiro atoms. The van der Waals surface area contributed by atoms with E-state index in [9.17, 15) is 18.4 Å². The number of carbonyl (C=O) groups is 2. The normalized spacial score (nSPS) is 10.8. The van der Waals surface area contributed by atoms with E-state index in [1.165, 1.54) is 35.2 Å². The Bertz CT molecular complexity index is 1100. The van der Waals surface area contributed by atoms with Crippen molar-refractivity contribution in [2.24, 2.45) is 0 Å². The number of amides is 2. The second-order valence-corrected chi connectivity index (χ2v) is 8.03. The highest BCUT2D eigenvalue weighted by molar-refractivity contribution is 6.06. The van der Waals surface area contributed by atoms with Crippen molar-refractivity contribution in [3.05, 3.63) is 101 Å². The van der Waals surface area contributed by atoms with Crippen molar-refractivity contribution >= 4 is 17.5 Å². The lowest BCUT2D eigenvalue weighted by atomic mass is 10.1. The maximum atomic E-state index is 13.8. The number of hydrogen-bond acceptors (Lipinski definition) is 3. The summed E-state index contributed by atoms with van der Waals surface area (Å²) in [5.41, 5.74) is 2.22. The number of hydrogen-bond donors (Lipinski definition) is 1. The number of halogens is 2. The minimum Gasteiger partial charge on any atom is -0.355 e. The van der Waals surface area contributed by atoms with E-state index in [0.717, 1.165) is 12.1 Å². The van der Waals surface area contributed by atoms with Gasteiger partial charge in [-0.1, -0.05) is 30.3 Å². The molecule has 0 aliphatic rings. The first-order valence-electron chi connectivity index (χ1n) is 10.6. The van der Waals surface area contributed by atoms with Crippen LogP contribution in [0.4, 0.5) is 14.5 Å². The summed E-state index contributed by atoms with van der Waals surface area (Å²) >= 11 is 0. The molecule has 3 rings (SSSR count). The lowest BCUT2D eigenvalue weighted by molar-refractivity contribution is -0.120. The Balaban J connectivity index is 1.85. The smallest absolute Gasteiger partial charge is 0.258 e. The summed E-state index contributed by atoms with van der Waals surface area (Å²) in [6.45, 7) is 1.44. The highest BCUT2D eigenvalue weighted by Gasteiger charge is 2.19. The number of rotatable bonds is 9. The van der Waals surface area contributed by atoms with E-state index in [4.69, 9.17) is 0 Å². The molecule has 2 amide bonds. The van der Waals surface area contributed by atoms with Gasteiger partial charge >= 0.3 is 0 Å². The third-order valence-corrected chi connectivity index (χ3v) is 5.04. The van der Waals surface area contributed by atoms with Crippen LogP contribution in [-0.4, -0.2) is 43.9 Å². The van der Waals surface area contributed by atoms with Crippen LogP contribution in [0.5, 0.6) is 0 Å². The van der Waals surface area contributed by atoms with Gasteiger partial charge in [0.25, 0.3) is 5.91 Å². The number of benzene rings is 3. The van der Waals surface area contributed by atoms with Crippen LogP contribution >= 0.6 is 0 Å². The quantitative estimate of drug-likeness (QED) is 0.535.